The molecule has 0 aliphatic carbocycles. The summed E-state index contributed by atoms with van der Waals surface area (Å²) in [7, 11) is 0. The Morgan fingerprint density at radius 3 is 2.91 bits per heavy atom. The van der Waals surface area contributed by atoms with Gasteiger partial charge >= 0.3 is 0 Å². The molecular formula is C18H21NO3. The highest BCUT2D eigenvalue weighted by Gasteiger charge is 2.28. The highest BCUT2D eigenvalue weighted by atomic mass is 16.3. The second kappa shape index (κ2) is 6.69. The van der Waals surface area contributed by atoms with Crippen LogP contribution in [-0.4, -0.2) is 22.5 Å². The molecule has 1 atom stereocenters. The lowest BCUT2D eigenvalue weighted by atomic mass is 10.1. The lowest BCUT2D eigenvalue weighted by molar-refractivity contribution is -0.133. The van der Waals surface area contributed by atoms with Gasteiger partial charge in [-0.05, 0) is 42.7 Å². The fraction of sp³-hybridized carbons (Fsp3) is 0.389. The van der Waals surface area contributed by atoms with Crippen LogP contribution in [-0.2, 0) is 11.2 Å². The van der Waals surface area contributed by atoms with E-state index in [1.165, 1.54) is 0 Å². The van der Waals surface area contributed by atoms with E-state index in [0.717, 1.165) is 43.6 Å². The van der Waals surface area contributed by atoms with Crippen LogP contribution in [0.3, 0.4) is 0 Å². The van der Waals surface area contributed by atoms with Gasteiger partial charge in [0.1, 0.15) is 11.5 Å². The van der Waals surface area contributed by atoms with Gasteiger partial charge in [0, 0.05) is 6.54 Å². The molecule has 2 aromatic rings. The summed E-state index contributed by atoms with van der Waals surface area (Å²) in [5, 5.41) is 9.54. The maximum absolute atomic E-state index is 12.7. The first-order chi connectivity index (χ1) is 10.7. The summed E-state index contributed by atoms with van der Waals surface area (Å²) in [5.74, 6) is 1.16. The fourth-order valence-electron chi connectivity index (χ4n) is 3.13. The van der Waals surface area contributed by atoms with E-state index in [1.807, 2.05) is 23.1 Å². The predicted molar refractivity (Wildman–Crippen MR) is 83.4 cm³/mol. The fourth-order valence-corrected chi connectivity index (χ4v) is 3.13. The highest BCUT2D eigenvalue weighted by molar-refractivity contribution is 5.79. The minimum atomic E-state index is 0.0299. The molecule has 0 saturated carbocycles. The average Bonchev–Trinajstić information content (AvgIpc) is 2.91. The number of carbonyl (C=O) groups is 1. The van der Waals surface area contributed by atoms with Crippen LogP contribution in [0.2, 0.25) is 0 Å². The van der Waals surface area contributed by atoms with Crippen LogP contribution in [0.5, 0.6) is 5.75 Å². The molecule has 3 rings (SSSR count). The van der Waals surface area contributed by atoms with Gasteiger partial charge in [0.05, 0.1) is 18.7 Å². The molecule has 1 fully saturated rings. The zero-order valence-corrected chi connectivity index (χ0v) is 12.6. The van der Waals surface area contributed by atoms with Crippen molar-refractivity contribution in [3.8, 4) is 5.75 Å². The van der Waals surface area contributed by atoms with E-state index in [1.54, 1.807) is 24.5 Å². The number of hydrogen-bond acceptors (Lipinski definition) is 3. The molecule has 2 heterocycles. The van der Waals surface area contributed by atoms with Gasteiger partial charge in [-0.3, -0.25) is 4.79 Å². The Morgan fingerprint density at radius 2 is 2.14 bits per heavy atom. The lowest BCUT2D eigenvalue weighted by Gasteiger charge is -2.28. The first-order valence-corrected chi connectivity index (χ1v) is 7.85. The van der Waals surface area contributed by atoms with Crippen LogP contribution in [0, 0.1) is 0 Å². The number of furan rings is 1. The summed E-state index contributed by atoms with van der Waals surface area (Å²) in [6.45, 7) is 0.767. The van der Waals surface area contributed by atoms with Crippen molar-refractivity contribution in [2.45, 2.75) is 38.1 Å². The number of aromatic hydroxyl groups is 1. The van der Waals surface area contributed by atoms with Gasteiger partial charge < -0.3 is 14.4 Å². The molecular weight excluding hydrogens is 278 g/mol. The van der Waals surface area contributed by atoms with Crippen LogP contribution >= 0.6 is 0 Å². The number of amides is 1. The van der Waals surface area contributed by atoms with Gasteiger partial charge in [0.2, 0.25) is 5.91 Å². The van der Waals surface area contributed by atoms with Crippen molar-refractivity contribution in [3.05, 3.63) is 54.0 Å². The first-order valence-electron chi connectivity index (χ1n) is 7.85. The molecule has 1 amide bonds. The summed E-state index contributed by atoms with van der Waals surface area (Å²) in [6.07, 6.45) is 6.21. The molecule has 0 spiro atoms. The minimum absolute atomic E-state index is 0.0299. The van der Waals surface area contributed by atoms with Gasteiger partial charge in [0.25, 0.3) is 0 Å². The molecule has 1 N–H and O–H groups in total. The van der Waals surface area contributed by atoms with Crippen molar-refractivity contribution >= 4 is 5.91 Å². The predicted octanol–water partition coefficient (Wildman–Crippen LogP) is 3.67. The molecule has 0 bridgehead atoms. The van der Waals surface area contributed by atoms with E-state index in [2.05, 4.69) is 0 Å². The molecule has 4 heteroatoms. The first kappa shape index (κ1) is 14.7. The molecule has 1 aromatic carbocycles. The molecule has 1 aliphatic heterocycles. The smallest absolute Gasteiger partial charge is 0.227 e. The third-order valence-electron chi connectivity index (χ3n) is 4.21. The van der Waals surface area contributed by atoms with E-state index in [-0.39, 0.29) is 17.7 Å². The normalized spacial score (nSPS) is 18.9. The minimum Gasteiger partial charge on any atom is -0.508 e. The number of rotatable bonds is 3. The zero-order valence-electron chi connectivity index (χ0n) is 12.6. The van der Waals surface area contributed by atoms with Crippen molar-refractivity contribution in [2.75, 3.05) is 6.54 Å². The van der Waals surface area contributed by atoms with E-state index >= 15 is 0 Å². The van der Waals surface area contributed by atoms with Crippen LogP contribution in [0.1, 0.15) is 43.0 Å². The van der Waals surface area contributed by atoms with E-state index < -0.39 is 0 Å². The summed E-state index contributed by atoms with van der Waals surface area (Å²) in [5.41, 5.74) is 0.840. The summed E-state index contributed by atoms with van der Waals surface area (Å²) >= 11 is 0. The number of carbonyl (C=O) groups excluding carboxylic acids is 1. The Kier molecular flexibility index (Phi) is 4.47. The van der Waals surface area contributed by atoms with Crippen molar-refractivity contribution in [2.24, 2.45) is 0 Å². The number of phenols is 1. The lowest BCUT2D eigenvalue weighted by Crippen LogP contribution is -2.35. The third-order valence-corrected chi connectivity index (χ3v) is 4.21. The number of phenolic OH excluding ortho intramolecular Hbond substituents is 1. The maximum atomic E-state index is 12.7. The van der Waals surface area contributed by atoms with Crippen molar-refractivity contribution in [1.82, 2.24) is 4.90 Å². The van der Waals surface area contributed by atoms with Gasteiger partial charge in [-0.1, -0.05) is 25.0 Å². The molecule has 4 nitrogen and oxygen atoms in total. The summed E-state index contributed by atoms with van der Waals surface area (Å²) < 4.78 is 5.54. The quantitative estimate of drug-likeness (QED) is 0.940. The SMILES string of the molecule is O=C(Cc1cccc(O)c1)N1CCCCC[C@@H]1c1ccco1. The van der Waals surface area contributed by atoms with Crippen LogP contribution in [0.25, 0.3) is 0 Å². The van der Waals surface area contributed by atoms with Crippen molar-refractivity contribution < 1.29 is 14.3 Å². The van der Waals surface area contributed by atoms with Crippen LogP contribution < -0.4 is 0 Å². The second-order valence-corrected chi connectivity index (χ2v) is 5.81. The molecule has 1 aromatic heterocycles. The standard InChI is InChI=1S/C18H21NO3/c20-15-7-4-6-14(12-15)13-18(21)19-10-3-1-2-8-16(19)17-9-5-11-22-17/h4-7,9,11-12,16,20H,1-3,8,10,13H2/t16-/m1/s1. The monoisotopic (exact) mass is 299 g/mol. The zero-order chi connectivity index (χ0) is 15.4. The third kappa shape index (κ3) is 3.32. The Hall–Kier alpha value is -2.23. The van der Waals surface area contributed by atoms with Crippen LogP contribution in [0.4, 0.5) is 0 Å². The van der Waals surface area contributed by atoms with Gasteiger partial charge in [-0.15, -0.1) is 0 Å². The Morgan fingerprint density at radius 1 is 1.23 bits per heavy atom. The average molecular weight is 299 g/mol. The number of hydrogen-bond donors (Lipinski definition) is 1. The molecule has 1 aliphatic rings. The number of benzene rings is 1. The van der Waals surface area contributed by atoms with Crippen molar-refractivity contribution in [3.63, 3.8) is 0 Å². The van der Waals surface area contributed by atoms with E-state index in [4.69, 9.17) is 4.42 Å². The molecule has 0 radical (unpaired) electrons. The topological polar surface area (TPSA) is 53.7 Å². The molecule has 116 valence electrons. The second-order valence-electron chi connectivity index (χ2n) is 5.81. The number of likely N-dealkylation sites (tertiary alicyclic amines) is 1. The molecule has 1 saturated heterocycles. The maximum Gasteiger partial charge on any atom is 0.227 e. The van der Waals surface area contributed by atoms with Crippen molar-refractivity contribution in [1.29, 1.82) is 0 Å². The van der Waals surface area contributed by atoms with Gasteiger partial charge in [-0.2, -0.15) is 0 Å². The summed E-state index contributed by atoms with van der Waals surface area (Å²) in [4.78, 5) is 14.7. The number of nitrogens with zero attached hydrogens (tertiary/aromatic N) is 1. The molecule has 0 unspecified atom stereocenters. The van der Waals surface area contributed by atoms with Crippen LogP contribution in [0.15, 0.2) is 47.1 Å². The van der Waals surface area contributed by atoms with Gasteiger partial charge in [-0.25, -0.2) is 0 Å². The summed E-state index contributed by atoms with van der Waals surface area (Å²) in [6, 6.07) is 10.8. The molecule has 22 heavy (non-hydrogen) atoms. The Labute approximate surface area is 130 Å². The van der Waals surface area contributed by atoms with E-state index in [0.29, 0.717) is 6.42 Å². The highest BCUT2D eigenvalue weighted by Crippen LogP contribution is 2.31. The largest absolute Gasteiger partial charge is 0.508 e. The van der Waals surface area contributed by atoms with Gasteiger partial charge in [0.15, 0.2) is 0 Å². The Bertz CT molecular complexity index is 621. The Balaban J connectivity index is 1.78. The van der Waals surface area contributed by atoms with E-state index in [9.17, 15) is 9.90 Å².